The van der Waals surface area contributed by atoms with Crippen molar-refractivity contribution in [1.29, 1.82) is 0 Å². The van der Waals surface area contributed by atoms with Gasteiger partial charge in [0.15, 0.2) is 0 Å². The fourth-order valence-electron chi connectivity index (χ4n) is 4.04. The molecule has 0 aliphatic carbocycles. The first-order valence-corrected chi connectivity index (χ1v) is 8.90. The first-order chi connectivity index (χ1) is 13.3. The predicted octanol–water partition coefficient (Wildman–Crippen LogP) is 3.40. The molecule has 0 saturated carbocycles. The van der Waals surface area contributed by atoms with E-state index < -0.39 is 12.1 Å². The normalized spacial score (nSPS) is 21.0. The lowest BCUT2D eigenvalue weighted by Gasteiger charge is -2.42. The van der Waals surface area contributed by atoms with Gasteiger partial charge in [-0.1, -0.05) is 12.1 Å². The van der Waals surface area contributed by atoms with Crippen LogP contribution in [0.15, 0.2) is 47.3 Å². The SMILES string of the molecule is O=C(Nc1cccc(OC(F)(F)F)c1)N1CC2CC(C1)c1cccc(=O)n1C2. The summed E-state index contributed by atoms with van der Waals surface area (Å²) in [7, 11) is 0. The first kappa shape index (κ1) is 18.4. The van der Waals surface area contributed by atoms with Gasteiger partial charge >= 0.3 is 12.4 Å². The van der Waals surface area contributed by atoms with E-state index in [-0.39, 0.29) is 29.1 Å². The van der Waals surface area contributed by atoms with Gasteiger partial charge in [-0.25, -0.2) is 4.79 Å². The molecule has 1 aromatic carbocycles. The highest BCUT2D eigenvalue weighted by Crippen LogP contribution is 2.35. The summed E-state index contributed by atoms with van der Waals surface area (Å²) in [5, 5.41) is 2.63. The van der Waals surface area contributed by atoms with E-state index in [0.717, 1.165) is 18.2 Å². The van der Waals surface area contributed by atoms with Gasteiger partial charge in [-0.2, -0.15) is 0 Å². The number of urea groups is 1. The van der Waals surface area contributed by atoms with Crippen molar-refractivity contribution in [3.8, 4) is 5.75 Å². The zero-order valence-corrected chi connectivity index (χ0v) is 14.8. The minimum Gasteiger partial charge on any atom is -0.406 e. The summed E-state index contributed by atoms with van der Waals surface area (Å²) in [6.07, 6.45) is -3.89. The number of ether oxygens (including phenoxy) is 1. The molecule has 6 nitrogen and oxygen atoms in total. The van der Waals surface area contributed by atoms with Crippen LogP contribution in [0.5, 0.6) is 5.75 Å². The number of benzene rings is 1. The number of piperidine rings is 1. The van der Waals surface area contributed by atoms with Crippen LogP contribution in [-0.4, -0.2) is 34.9 Å². The molecule has 1 aromatic heterocycles. The molecule has 2 atom stereocenters. The maximum absolute atomic E-state index is 12.7. The maximum Gasteiger partial charge on any atom is 0.573 e. The molecular formula is C19H18F3N3O3. The van der Waals surface area contributed by atoms with Gasteiger partial charge in [-0.05, 0) is 30.5 Å². The molecule has 1 N–H and O–H groups in total. The number of likely N-dealkylation sites (tertiary alicyclic amines) is 1. The number of aromatic nitrogens is 1. The average Bonchev–Trinajstić information content (AvgIpc) is 2.61. The van der Waals surface area contributed by atoms with E-state index >= 15 is 0 Å². The fourth-order valence-corrected chi connectivity index (χ4v) is 4.04. The van der Waals surface area contributed by atoms with Crippen LogP contribution in [0, 0.1) is 5.92 Å². The van der Waals surface area contributed by atoms with Gasteiger partial charge in [0.25, 0.3) is 5.56 Å². The van der Waals surface area contributed by atoms with E-state index in [1.54, 1.807) is 15.5 Å². The van der Waals surface area contributed by atoms with Gasteiger partial charge in [-0.3, -0.25) is 4.79 Å². The third kappa shape index (κ3) is 3.83. The van der Waals surface area contributed by atoms with Crippen molar-refractivity contribution in [3.63, 3.8) is 0 Å². The van der Waals surface area contributed by atoms with Crippen molar-refractivity contribution < 1.29 is 22.7 Å². The monoisotopic (exact) mass is 393 g/mol. The number of fused-ring (bicyclic) bond motifs is 4. The molecule has 2 bridgehead atoms. The number of hydrogen-bond donors (Lipinski definition) is 1. The second-order valence-electron chi connectivity index (χ2n) is 7.11. The van der Waals surface area contributed by atoms with E-state index in [2.05, 4.69) is 10.1 Å². The van der Waals surface area contributed by atoms with E-state index in [9.17, 15) is 22.8 Å². The van der Waals surface area contributed by atoms with Gasteiger partial charge in [0, 0.05) is 49.1 Å². The van der Waals surface area contributed by atoms with Gasteiger partial charge in [0.05, 0.1) is 0 Å². The summed E-state index contributed by atoms with van der Waals surface area (Å²) in [6, 6.07) is 9.96. The topological polar surface area (TPSA) is 63.6 Å². The number of halogens is 3. The second-order valence-corrected chi connectivity index (χ2v) is 7.11. The van der Waals surface area contributed by atoms with Gasteiger partial charge in [0.2, 0.25) is 0 Å². The molecule has 0 radical (unpaired) electrons. The molecule has 3 heterocycles. The zero-order chi connectivity index (χ0) is 19.9. The third-order valence-corrected chi connectivity index (χ3v) is 5.09. The number of pyridine rings is 1. The Labute approximate surface area is 158 Å². The molecule has 2 amide bonds. The Balaban J connectivity index is 1.47. The highest BCUT2D eigenvalue weighted by molar-refractivity contribution is 5.89. The lowest BCUT2D eigenvalue weighted by molar-refractivity contribution is -0.274. The summed E-state index contributed by atoms with van der Waals surface area (Å²) in [5.74, 6) is -0.168. The molecule has 0 spiro atoms. The minimum atomic E-state index is -4.79. The Hall–Kier alpha value is -2.97. The van der Waals surface area contributed by atoms with Crippen molar-refractivity contribution in [2.45, 2.75) is 25.2 Å². The highest BCUT2D eigenvalue weighted by Gasteiger charge is 2.36. The molecule has 9 heteroatoms. The first-order valence-electron chi connectivity index (χ1n) is 8.90. The van der Waals surface area contributed by atoms with Crippen LogP contribution in [0.2, 0.25) is 0 Å². The minimum absolute atomic E-state index is 0.0356. The van der Waals surface area contributed by atoms with E-state index in [1.807, 2.05) is 6.07 Å². The van der Waals surface area contributed by atoms with Crippen LogP contribution in [0.1, 0.15) is 18.0 Å². The molecule has 2 unspecified atom stereocenters. The molecular weight excluding hydrogens is 375 g/mol. The number of nitrogens with one attached hydrogen (secondary N) is 1. The number of carbonyl (C=O) groups is 1. The van der Waals surface area contributed by atoms with Crippen molar-refractivity contribution >= 4 is 11.7 Å². The molecule has 148 valence electrons. The number of rotatable bonds is 2. The number of amides is 2. The van der Waals surface area contributed by atoms with Crippen LogP contribution < -0.4 is 15.6 Å². The average molecular weight is 393 g/mol. The lowest BCUT2D eigenvalue weighted by Crippen LogP contribution is -2.50. The molecule has 4 rings (SSSR count). The molecule has 2 aliphatic rings. The highest BCUT2D eigenvalue weighted by atomic mass is 19.4. The Morgan fingerprint density at radius 1 is 1.11 bits per heavy atom. The number of nitrogens with zero attached hydrogens (tertiary/aromatic N) is 2. The van der Waals surface area contributed by atoms with Crippen molar-refractivity contribution in [2.75, 3.05) is 18.4 Å². The van der Waals surface area contributed by atoms with E-state index in [1.165, 1.54) is 24.3 Å². The third-order valence-electron chi connectivity index (χ3n) is 5.09. The lowest BCUT2D eigenvalue weighted by atomic mass is 9.83. The smallest absolute Gasteiger partial charge is 0.406 e. The van der Waals surface area contributed by atoms with E-state index in [0.29, 0.717) is 19.6 Å². The summed E-state index contributed by atoms with van der Waals surface area (Å²) in [6.45, 7) is 1.50. The Morgan fingerprint density at radius 3 is 2.68 bits per heavy atom. The van der Waals surface area contributed by atoms with Gasteiger partial charge in [-0.15, -0.1) is 13.2 Å². The summed E-state index contributed by atoms with van der Waals surface area (Å²) in [4.78, 5) is 26.4. The Morgan fingerprint density at radius 2 is 1.89 bits per heavy atom. The molecule has 2 aromatic rings. The predicted molar refractivity (Wildman–Crippen MR) is 95.3 cm³/mol. The van der Waals surface area contributed by atoms with Gasteiger partial charge in [0.1, 0.15) is 5.75 Å². The van der Waals surface area contributed by atoms with E-state index in [4.69, 9.17) is 0 Å². The summed E-state index contributed by atoms with van der Waals surface area (Å²) >= 11 is 0. The molecule has 1 fully saturated rings. The standard InChI is InChI=1S/C19H18F3N3O3/c20-19(21,22)28-15-4-1-3-14(8-15)23-18(27)24-9-12-7-13(11-24)16-5-2-6-17(26)25(16)10-12/h1-6,8,12-13H,7,9-11H2,(H,23,27). The number of carbonyl (C=O) groups excluding carboxylic acids is 1. The molecule has 28 heavy (non-hydrogen) atoms. The Bertz CT molecular complexity index is 957. The van der Waals surface area contributed by atoms with Crippen molar-refractivity contribution in [1.82, 2.24) is 9.47 Å². The van der Waals surface area contributed by atoms with Crippen LogP contribution in [0.4, 0.5) is 23.7 Å². The van der Waals surface area contributed by atoms with Crippen LogP contribution >= 0.6 is 0 Å². The largest absolute Gasteiger partial charge is 0.573 e. The number of anilines is 1. The van der Waals surface area contributed by atoms with Crippen molar-refractivity contribution in [2.24, 2.45) is 5.92 Å². The van der Waals surface area contributed by atoms with Crippen LogP contribution in [0.25, 0.3) is 0 Å². The number of hydrogen-bond acceptors (Lipinski definition) is 3. The zero-order valence-electron chi connectivity index (χ0n) is 14.8. The number of alkyl halides is 3. The van der Waals surface area contributed by atoms with Crippen LogP contribution in [0.3, 0.4) is 0 Å². The summed E-state index contributed by atoms with van der Waals surface area (Å²) in [5.41, 5.74) is 1.10. The molecule has 1 saturated heterocycles. The quantitative estimate of drug-likeness (QED) is 0.851. The second kappa shape index (κ2) is 6.88. The van der Waals surface area contributed by atoms with Crippen molar-refractivity contribution in [3.05, 3.63) is 58.5 Å². The summed E-state index contributed by atoms with van der Waals surface area (Å²) < 4.78 is 42.7. The van der Waals surface area contributed by atoms with Gasteiger partial charge < -0.3 is 19.5 Å². The maximum atomic E-state index is 12.7. The Kier molecular flexibility index (Phi) is 4.52. The molecule has 2 aliphatic heterocycles. The van der Waals surface area contributed by atoms with Crippen LogP contribution in [-0.2, 0) is 6.54 Å². The fraction of sp³-hybridized carbons (Fsp3) is 0.368.